The molecule has 0 amide bonds. The minimum absolute atomic E-state index is 0.553. The number of piperidine rings is 1. The minimum atomic E-state index is -0.553. The number of anilines is 2. The van der Waals surface area contributed by atoms with Gasteiger partial charge in [0.25, 0.3) is 0 Å². The van der Waals surface area contributed by atoms with Gasteiger partial charge in [-0.1, -0.05) is 39.2 Å². The molecule has 0 atom stereocenters. The lowest BCUT2D eigenvalue weighted by Gasteiger charge is -2.36. The lowest BCUT2D eigenvalue weighted by atomic mass is 9.94. The normalized spacial score (nSPS) is 16.8. The van der Waals surface area contributed by atoms with Crippen LogP contribution in [-0.2, 0) is 0 Å². The van der Waals surface area contributed by atoms with Crippen LogP contribution < -0.4 is 9.91 Å². The van der Waals surface area contributed by atoms with Crippen LogP contribution in [0.1, 0.15) is 47.5 Å². The van der Waals surface area contributed by atoms with Gasteiger partial charge in [0.2, 0.25) is 0 Å². The highest BCUT2D eigenvalue weighted by atomic mass is 16.3. The van der Waals surface area contributed by atoms with Crippen LogP contribution in [0.2, 0.25) is 0 Å². The summed E-state index contributed by atoms with van der Waals surface area (Å²) >= 11 is 0. The van der Waals surface area contributed by atoms with Crippen LogP contribution in [0.5, 0.6) is 0 Å². The zero-order chi connectivity index (χ0) is 21.3. The number of allylic oxidation sites excluding steroid dienone is 4. The van der Waals surface area contributed by atoms with Gasteiger partial charge in [0.1, 0.15) is 5.82 Å². The fourth-order valence-electron chi connectivity index (χ4n) is 3.00. The zero-order valence-electron chi connectivity index (χ0n) is 18.4. The molecule has 2 rings (SSSR count). The fraction of sp³-hybridized carbons (Fsp3) is 0.478. The molecule has 1 aliphatic heterocycles. The summed E-state index contributed by atoms with van der Waals surface area (Å²) in [6.45, 7) is 19.2. The highest BCUT2D eigenvalue weighted by Gasteiger charge is 2.27. The standard InChI is InChI=1S/C21H30N4O.C2H6/c1-7-8-19(16(2)3)17(4)23-24(6)18-9-10-20(22-15-18)25-13-11-21(5,26)12-14-25;1-2/h7-10,15,26H,1-2,11-14H2,3-6H3;1-2H3/b19-8+,23-17+;. The van der Waals surface area contributed by atoms with E-state index < -0.39 is 5.60 Å². The third-order valence-electron chi connectivity index (χ3n) is 4.70. The van der Waals surface area contributed by atoms with E-state index in [1.165, 1.54) is 0 Å². The molecular weight excluding hydrogens is 348 g/mol. The lowest BCUT2D eigenvalue weighted by molar-refractivity contribution is 0.0350. The van der Waals surface area contributed by atoms with Crippen molar-refractivity contribution in [3.05, 3.63) is 54.8 Å². The Morgan fingerprint density at radius 2 is 1.89 bits per heavy atom. The molecule has 0 bridgehead atoms. The molecule has 28 heavy (non-hydrogen) atoms. The average molecular weight is 385 g/mol. The van der Waals surface area contributed by atoms with Crippen molar-refractivity contribution in [1.29, 1.82) is 0 Å². The Kier molecular flexibility index (Phi) is 9.13. The van der Waals surface area contributed by atoms with Crippen molar-refractivity contribution in [1.82, 2.24) is 4.98 Å². The quantitative estimate of drug-likeness (QED) is 0.428. The molecule has 1 aromatic rings. The predicted molar refractivity (Wildman–Crippen MR) is 122 cm³/mol. The lowest BCUT2D eigenvalue weighted by Crippen LogP contribution is -2.42. The van der Waals surface area contributed by atoms with Crippen molar-refractivity contribution in [2.24, 2.45) is 5.10 Å². The molecule has 5 heteroatoms. The van der Waals surface area contributed by atoms with Gasteiger partial charge in [0, 0.05) is 20.1 Å². The Morgan fingerprint density at radius 3 is 2.36 bits per heavy atom. The van der Waals surface area contributed by atoms with Crippen LogP contribution in [0, 0.1) is 0 Å². The van der Waals surface area contributed by atoms with Crippen molar-refractivity contribution >= 4 is 17.2 Å². The second-order valence-corrected chi connectivity index (χ2v) is 7.16. The first kappa shape index (κ1) is 23.6. The largest absolute Gasteiger partial charge is 0.390 e. The molecular formula is C23H36N4O. The number of nitrogens with zero attached hydrogens (tertiary/aromatic N) is 4. The number of rotatable bonds is 6. The monoisotopic (exact) mass is 384 g/mol. The van der Waals surface area contributed by atoms with Crippen LogP contribution in [0.4, 0.5) is 11.5 Å². The van der Waals surface area contributed by atoms with Gasteiger partial charge in [-0.25, -0.2) is 4.98 Å². The molecule has 0 aliphatic carbocycles. The molecule has 0 unspecified atom stereocenters. The van der Waals surface area contributed by atoms with E-state index in [0.29, 0.717) is 0 Å². The molecule has 1 N–H and O–H groups in total. The first-order valence-corrected chi connectivity index (χ1v) is 9.95. The van der Waals surface area contributed by atoms with Crippen molar-refractivity contribution in [3.8, 4) is 0 Å². The summed E-state index contributed by atoms with van der Waals surface area (Å²) in [5.74, 6) is 0.938. The van der Waals surface area contributed by atoms with Crippen LogP contribution in [0.25, 0.3) is 0 Å². The van der Waals surface area contributed by atoms with Crippen LogP contribution in [0.3, 0.4) is 0 Å². The van der Waals surface area contributed by atoms with Crippen molar-refractivity contribution in [3.63, 3.8) is 0 Å². The number of hydrazone groups is 1. The van der Waals surface area contributed by atoms with Crippen LogP contribution >= 0.6 is 0 Å². The fourth-order valence-corrected chi connectivity index (χ4v) is 3.00. The molecule has 5 nitrogen and oxygen atoms in total. The van der Waals surface area contributed by atoms with Gasteiger partial charge in [0.05, 0.1) is 23.2 Å². The molecule has 1 saturated heterocycles. The number of aliphatic hydroxyl groups is 1. The highest BCUT2D eigenvalue weighted by molar-refractivity contribution is 6.02. The van der Waals surface area contributed by atoms with Gasteiger partial charge in [-0.2, -0.15) is 5.10 Å². The Balaban J connectivity index is 0.00000190. The molecule has 2 heterocycles. The summed E-state index contributed by atoms with van der Waals surface area (Å²) in [5, 5.41) is 16.5. The van der Waals surface area contributed by atoms with E-state index in [9.17, 15) is 5.11 Å². The Morgan fingerprint density at radius 1 is 1.29 bits per heavy atom. The smallest absolute Gasteiger partial charge is 0.128 e. The third-order valence-corrected chi connectivity index (χ3v) is 4.70. The predicted octanol–water partition coefficient (Wildman–Crippen LogP) is 4.96. The van der Waals surface area contributed by atoms with E-state index >= 15 is 0 Å². The summed E-state index contributed by atoms with van der Waals surface area (Å²) in [5.41, 5.74) is 3.17. The van der Waals surface area contributed by atoms with E-state index in [1.54, 1.807) is 6.08 Å². The van der Waals surface area contributed by atoms with Crippen molar-refractivity contribution < 1.29 is 5.11 Å². The summed E-state index contributed by atoms with van der Waals surface area (Å²) in [4.78, 5) is 6.79. The van der Waals surface area contributed by atoms with E-state index in [2.05, 4.69) is 28.1 Å². The summed E-state index contributed by atoms with van der Waals surface area (Å²) < 4.78 is 0. The maximum Gasteiger partial charge on any atom is 0.128 e. The van der Waals surface area contributed by atoms with Crippen LogP contribution in [-0.4, -0.2) is 41.5 Å². The molecule has 1 aromatic heterocycles. The van der Waals surface area contributed by atoms with E-state index in [0.717, 1.165) is 54.3 Å². The Bertz CT molecular complexity index is 707. The summed E-state index contributed by atoms with van der Waals surface area (Å²) in [6.07, 6.45) is 7.02. The van der Waals surface area contributed by atoms with Gasteiger partial charge in [-0.3, -0.25) is 5.01 Å². The van der Waals surface area contributed by atoms with Gasteiger partial charge in [-0.05, 0) is 56.9 Å². The molecule has 0 spiro atoms. The number of aromatic nitrogens is 1. The highest BCUT2D eigenvalue weighted by Crippen LogP contribution is 2.25. The van der Waals surface area contributed by atoms with Crippen molar-refractivity contribution in [2.45, 2.75) is 53.1 Å². The molecule has 154 valence electrons. The minimum Gasteiger partial charge on any atom is -0.390 e. The number of hydrogen-bond acceptors (Lipinski definition) is 5. The zero-order valence-corrected chi connectivity index (χ0v) is 18.4. The summed E-state index contributed by atoms with van der Waals surface area (Å²) in [7, 11) is 1.90. The van der Waals surface area contributed by atoms with Gasteiger partial charge in [0.15, 0.2) is 0 Å². The van der Waals surface area contributed by atoms with Crippen molar-refractivity contribution in [2.75, 3.05) is 30.0 Å². The van der Waals surface area contributed by atoms with Crippen LogP contribution in [0.15, 0.2) is 59.9 Å². The average Bonchev–Trinajstić information content (AvgIpc) is 2.67. The SMILES string of the molecule is C=C/C=C(C(=C)C)/C(C)=N/N(C)c1ccc(N2CCC(C)(O)CC2)nc1.CC. The molecule has 1 aliphatic rings. The molecule has 0 saturated carbocycles. The second kappa shape index (κ2) is 10.8. The molecule has 0 radical (unpaired) electrons. The van der Waals surface area contributed by atoms with E-state index in [1.807, 2.05) is 71.1 Å². The third kappa shape index (κ3) is 6.64. The number of pyridine rings is 1. The summed E-state index contributed by atoms with van der Waals surface area (Å²) in [6, 6.07) is 4.03. The maximum atomic E-state index is 10.1. The number of hydrogen-bond donors (Lipinski definition) is 1. The maximum absolute atomic E-state index is 10.1. The van der Waals surface area contributed by atoms with Gasteiger partial charge < -0.3 is 10.0 Å². The first-order chi connectivity index (χ1) is 13.2. The molecule has 1 fully saturated rings. The van der Waals surface area contributed by atoms with Gasteiger partial charge >= 0.3 is 0 Å². The topological polar surface area (TPSA) is 52.0 Å². The molecule has 0 aromatic carbocycles. The van der Waals surface area contributed by atoms with E-state index in [-0.39, 0.29) is 0 Å². The second-order valence-electron chi connectivity index (χ2n) is 7.16. The van der Waals surface area contributed by atoms with E-state index in [4.69, 9.17) is 0 Å². The Labute approximate surface area is 170 Å². The first-order valence-electron chi connectivity index (χ1n) is 9.95. The Hall–Kier alpha value is -2.40. The van der Waals surface area contributed by atoms with Gasteiger partial charge in [-0.15, -0.1) is 0 Å².